The Bertz CT molecular complexity index is 1500. The number of carbonyl (C=O) groups is 1. The number of nitriles is 1. The second kappa shape index (κ2) is 8.58. The van der Waals surface area contributed by atoms with Crippen LogP contribution in [0.25, 0.3) is 5.69 Å². The molecular formula is C20H17N3O8S2. The van der Waals surface area contributed by atoms with Crippen LogP contribution < -0.4 is 9.92 Å². The van der Waals surface area contributed by atoms with Gasteiger partial charge in [-0.2, -0.15) is 22.1 Å². The Balaban J connectivity index is 2.17. The van der Waals surface area contributed by atoms with Crippen molar-refractivity contribution >= 4 is 31.9 Å². The molecule has 0 amide bonds. The lowest BCUT2D eigenvalue weighted by Gasteiger charge is -2.14. The highest BCUT2D eigenvalue weighted by atomic mass is 32.2. The number of hydrogen-bond donors (Lipinski definition) is 2. The van der Waals surface area contributed by atoms with Gasteiger partial charge in [-0.1, -0.05) is 17.7 Å². The number of aromatic nitrogens is 1. The van der Waals surface area contributed by atoms with Gasteiger partial charge in [-0.05, 0) is 31.2 Å². The molecule has 33 heavy (non-hydrogen) atoms. The van der Waals surface area contributed by atoms with Gasteiger partial charge < -0.3 is 19.2 Å². The number of benzene rings is 2. The molecule has 0 radical (unpaired) electrons. The summed E-state index contributed by atoms with van der Waals surface area (Å²) in [6.45, 7) is 1.77. The fourth-order valence-corrected chi connectivity index (χ4v) is 4.55. The van der Waals surface area contributed by atoms with Crippen LogP contribution in [0.1, 0.15) is 21.6 Å². The first kappa shape index (κ1) is 23.8. The van der Waals surface area contributed by atoms with E-state index in [0.717, 1.165) is 41.6 Å². The largest absolute Gasteiger partial charge is 0.464 e. The maximum atomic E-state index is 12.5. The normalized spacial score (nSPS) is 11.6. The van der Waals surface area contributed by atoms with Crippen LogP contribution in [0, 0.1) is 18.3 Å². The molecule has 3 aromatic rings. The zero-order chi connectivity index (χ0) is 24.6. The molecule has 172 valence electrons. The molecular weight excluding hydrogens is 474 g/mol. The number of nitrogen functional groups attached to an aromatic ring is 1. The Morgan fingerprint density at radius 1 is 1.12 bits per heavy atom. The van der Waals surface area contributed by atoms with Gasteiger partial charge in [0.1, 0.15) is 21.6 Å². The molecule has 11 nitrogen and oxygen atoms in total. The SMILES string of the molecule is COC(=O)c1c(N)c(C#N)cn1-c1ccc(OS(=O)(=O)c2ccc(C)cc2)cc1S(=O)(=O)O. The fraction of sp³-hybridized carbons (Fsp3) is 0.100. The molecule has 0 fully saturated rings. The molecule has 2 aromatic carbocycles. The number of methoxy groups -OCH3 is 1. The number of anilines is 1. The molecule has 0 spiro atoms. The van der Waals surface area contributed by atoms with E-state index in [1.54, 1.807) is 25.1 Å². The molecule has 0 aliphatic heterocycles. The summed E-state index contributed by atoms with van der Waals surface area (Å²) in [5.74, 6) is -1.40. The van der Waals surface area contributed by atoms with Gasteiger partial charge in [0, 0.05) is 12.3 Å². The molecule has 0 atom stereocenters. The van der Waals surface area contributed by atoms with Crippen molar-refractivity contribution in [2.24, 2.45) is 0 Å². The quantitative estimate of drug-likeness (QED) is 0.294. The number of hydrogen-bond acceptors (Lipinski definition) is 9. The monoisotopic (exact) mass is 491 g/mol. The van der Waals surface area contributed by atoms with Crippen LogP contribution in [0.5, 0.6) is 5.75 Å². The summed E-state index contributed by atoms with van der Waals surface area (Å²) in [7, 11) is -8.23. The van der Waals surface area contributed by atoms with Crippen molar-refractivity contribution in [2.45, 2.75) is 16.7 Å². The number of esters is 1. The van der Waals surface area contributed by atoms with Gasteiger partial charge in [-0.3, -0.25) is 4.55 Å². The first-order valence-electron chi connectivity index (χ1n) is 9.01. The van der Waals surface area contributed by atoms with Crippen LogP contribution in [0.2, 0.25) is 0 Å². The summed E-state index contributed by atoms with van der Waals surface area (Å²) in [4.78, 5) is 11.2. The van der Waals surface area contributed by atoms with Crippen LogP contribution >= 0.6 is 0 Å². The minimum Gasteiger partial charge on any atom is -0.464 e. The molecule has 1 heterocycles. The number of nitrogens with zero attached hydrogens (tertiary/aromatic N) is 2. The van der Waals surface area contributed by atoms with Crippen molar-refractivity contribution < 1.29 is 35.1 Å². The number of rotatable bonds is 6. The van der Waals surface area contributed by atoms with Gasteiger partial charge in [0.2, 0.25) is 0 Å². The number of ether oxygens (including phenoxy) is 1. The van der Waals surface area contributed by atoms with E-state index in [9.17, 15) is 31.4 Å². The second-order valence-electron chi connectivity index (χ2n) is 6.73. The Kier molecular flexibility index (Phi) is 6.19. The van der Waals surface area contributed by atoms with Crippen molar-refractivity contribution in [3.8, 4) is 17.5 Å². The minimum absolute atomic E-state index is 0.154. The average molecular weight is 492 g/mol. The van der Waals surface area contributed by atoms with Crippen LogP contribution in [0.3, 0.4) is 0 Å². The zero-order valence-corrected chi connectivity index (χ0v) is 18.8. The van der Waals surface area contributed by atoms with Gasteiger partial charge in [0.05, 0.1) is 24.0 Å². The fourth-order valence-electron chi connectivity index (χ4n) is 2.94. The first-order chi connectivity index (χ1) is 15.4. The van der Waals surface area contributed by atoms with E-state index in [0.29, 0.717) is 0 Å². The van der Waals surface area contributed by atoms with Crippen molar-refractivity contribution in [3.05, 3.63) is 65.5 Å². The number of aryl methyl sites for hydroxylation is 1. The highest BCUT2D eigenvalue weighted by molar-refractivity contribution is 7.87. The van der Waals surface area contributed by atoms with Crippen molar-refractivity contribution in [1.29, 1.82) is 5.26 Å². The molecule has 1 aromatic heterocycles. The summed E-state index contributed by atoms with van der Waals surface area (Å²) in [6.07, 6.45) is 1.08. The second-order valence-corrected chi connectivity index (χ2v) is 9.67. The first-order valence-corrected chi connectivity index (χ1v) is 11.9. The number of nitrogens with two attached hydrogens (primary N) is 1. The van der Waals surface area contributed by atoms with E-state index >= 15 is 0 Å². The molecule has 0 saturated heterocycles. The predicted molar refractivity (Wildman–Crippen MR) is 115 cm³/mol. The number of carbonyl (C=O) groups excluding carboxylic acids is 1. The van der Waals surface area contributed by atoms with E-state index in [2.05, 4.69) is 4.74 Å². The third-order valence-electron chi connectivity index (χ3n) is 4.53. The van der Waals surface area contributed by atoms with E-state index < -0.39 is 36.9 Å². The Morgan fingerprint density at radius 3 is 2.30 bits per heavy atom. The summed E-state index contributed by atoms with van der Waals surface area (Å²) >= 11 is 0. The smallest absolute Gasteiger partial charge is 0.357 e. The Morgan fingerprint density at radius 2 is 1.76 bits per heavy atom. The Hall–Kier alpha value is -3.86. The average Bonchev–Trinajstić information content (AvgIpc) is 3.08. The third-order valence-corrected chi connectivity index (χ3v) is 6.67. The summed E-state index contributed by atoms with van der Waals surface area (Å²) in [5, 5.41) is 9.23. The van der Waals surface area contributed by atoms with Gasteiger partial charge >= 0.3 is 16.1 Å². The highest BCUT2D eigenvalue weighted by Crippen LogP contribution is 2.31. The summed E-state index contributed by atoms with van der Waals surface area (Å²) in [6, 6.07) is 10.5. The van der Waals surface area contributed by atoms with Gasteiger partial charge in [-0.15, -0.1) is 0 Å². The summed E-state index contributed by atoms with van der Waals surface area (Å²) < 4.78 is 69.6. The molecule has 0 bridgehead atoms. The predicted octanol–water partition coefficient (Wildman–Crippen LogP) is 2.04. The molecule has 3 rings (SSSR count). The molecule has 0 saturated carbocycles. The molecule has 3 N–H and O–H groups in total. The van der Waals surface area contributed by atoms with Crippen molar-refractivity contribution in [3.63, 3.8) is 0 Å². The van der Waals surface area contributed by atoms with Crippen LogP contribution in [0.15, 0.2) is 58.5 Å². The van der Waals surface area contributed by atoms with Crippen LogP contribution in [0.4, 0.5) is 5.69 Å². The third kappa shape index (κ3) is 4.67. The Labute approximate surface area is 189 Å². The topological polar surface area (TPSA) is 179 Å². The van der Waals surface area contributed by atoms with Gasteiger partial charge in [0.15, 0.2) is 5.69 Å². The van der Waals surface area contributed by atoms with Gasteiger partial charge in [0.25, 0.3) is 10.1 Å². The van der Waals surface area contributed by atoms with E-state index in [1.165, 1.54) is 12.1 Å². The molecule has 0 aliphatic carbocycles. The van der Waals surface area contributed by atoms with E-state index in [4.69, 9.17) is 9.92 Å². The summed E-state index contributed by atoms with van der Waals surface area (Å²) in [5.41, 5.74) is 5.55. The van der Waals surface area contributed by atoms with E-state index in [1.807, 2.05) is 0 Å². The van der Waals surface area contributed by atoms with Crippen LogP contribution in [-0.2, 0) is 25.0 Å². The van der Waals surface area contributed by atoms with Gasteiger partial charge in [-0.25, -0.2) is 4.79 Å². The molecule has 13 heteroatoms. The lowest BCUT2D eigenvalue weighted by atomic mass is 10.2. The van der Waals surface area contributed by atoms with Crippen molar-refractivity contribution in [1.82, 2.24) is 4.57 Å². The standard InChI is InChI=1S/C20H17N3O8S2/c1-12-3-6-15(7-4-12)33(28,29)31-14-5-8-16(17(9-14)32(25,26)27)23-11-13(10-21)18(22)19(23)20(24)30-2/h3-9,11H,22H2,1-2H3,(H,25,26,27). The van der Waals surface area contributed by atoms with Crippen molar-refractivity contribution in [2.75, 3.05) is 12.8 Å². The molecule has 0 unspecified atom stereocenters. The maximum absolute atomic E-state index is 12.5. The zero-order valence-electron chi connectivity index (χ0n) is 17.2. The lowest BCUT2D eigenvalue weighted by Crippen LogP contribution is -2.14. The maximum Gasteiger partial charge on any atom is 0.357 e. The molecule has 0 aliphatic rings. The minimum atomic E-state index is -4.96. The van der Waals surface area contributed by atoms with Crippen LogP contribution in [-0.4, -0.2) is 39.0 Å². The lowest BCUT2D eigenvalue weighted by molar-refractivity contribution is 0.0592. The van der Waals surface area contributed by atoms with E-state index in [-0.39, 0.29) is 27.5 Å². The highest BCUT2D eigenvalue weighted by Gasteiger charge is 2.27.